The van der Waals surface area contributed by atoms with Crippen molar-refractivity contribution in [1.82, 2.24) is 9.36 Å². The average Bonchev–Trinajstić information content (AvgIpc) is 3.31. The number of nitrogens with one attached hydrogen (secondary N) is 1. The van der Waals surface area contributed by atoms with Gasteiger partial charge in [0.2, 0.25) is 15.0 Å². The van der Waals surface area contributed by atoms with Crippen LogP contribution in [0.3, 0.4) is 0 Å². The first-order valence-electron chi connectivity index (χ1n) is 10.2. The van der Waals surface area contributed by atoms with Crippen LogP contribution in [0.15, 0.2) is 59.3 Å². The number of anilines is 1. The van der Waals surface area contributed by atoms with Gasteiger partial charge in [-0.2, -0.15) is 14.6 Å². The maximum Gasteiger partial charge on any atom is 0.268 e. The summed E-state index contributed by atoms with van der Waals surface area (Å²) in [6.07, 6.45) is 1.41. The van der Waals surface area contributed by atoms with E-state index >= 15 is 0 Å². The Labute approximate surface area is 201 Å². The SMILES string of the molecule is CCS(=O)(=O)c1nsc(NC(=O)C(C#N)=Cc2ccc(OCCOc3ccc(C)cc3)cc2)n1. The lowest BCUT2D eigenvalue weighted by molar-refractivity contribution is -0.112. The third-order valence-electron chi connectivity index (χ3n) is 4.48. The summed E-state index contributed by atoms with van der Waals surface area (Å²) >= 11 is 0.729. The third kappa shape index (κ3) is 6.87. The fraction of sp³-hybridized carbons (Fsp3) is 0.217. The zero-order valence-electron chi connectivity index (χ0n) is 18.5. The summed E-state index contributed by atoms with van der Waals surface area (Å²) in [7, 11) is -3.58. The van der Waals surface area contributed by atoms with Crippen molar-refractivity contribution in [2.24, 2.45) is 0 Å². The fourth-order valence-corrected chi connectivity index (χ4v) is 4.19. The number of hydrogen-bond acceptors (Lipinski definition) is 9. The Hall–Kier alpha value is -3.75. The minimum atomic E-state index is -3.58. The number of amides is 1. The minimum Gasteiger partial charge on any atom is -0.490 e. The van der Waals surface area contributed by atoms with Crippen LogP contribution in [0.5, 0.6) is 11.5 Å². The molecule has 1 heterocycles. The molecule has 0 unspecified atom stereocenters. The van der Waals surface area contributed by atoms with E-state index < -0.39 is 15.7 Å². The number of sulfone groups is 1. The predicted octanol–water partition coefficient (Wildman–Crippen LogP) is 3.64. The molecule has 1 N–H and O–H groups in total. The molecule has 0 bridgehead atoms. The number of rotatable bonds is 10. The summed E-state index contributed by atoms with van der Waals surface area (Å²) in [5.41, 5.74) is 1.60. The Balaban J connectivity index is 1.54. The summed E-state index contributed by atoms with van der Waals surface area (Å²) in [6, 6.07) is 16.4. The number of carbonyl (C=O) groups excluding carboxylic acids is 1. The van der Waals surface area contributed by atoms with Gasteiger partial charge in [-0.3, -0.25) is 10.1 Å². The Kier molecular flexibility index (Phi) is 8.34. The monoisotopic (exact) mass is 498 g/mol. The molecule has 9 nitrogen and oxygen atoms in total. The summed E-state index contributed by atoms with van der Waals surface area (Å²) in [6.45, 7) is 4.22. The Bertz CT molecular complexity index is 1310. The summed E-state index contributed by atoms with van der Waals surface area (Å²) in [5, 5.41) is 11.4. The third-order valence-corrected chi connectivity index (χ3v) is 6.73. The smallest absolute Gasteiger partial charge is 0.268 e. The van der Waals surface area contributed by atoms with E-state index in [0.29, 0.717) is 24.5 Å². The first-order chi connectivity index (χ1) is 16.3. The van der Waals surface area contributed by atoms with Crippen LogP contribution in [-0.4, -0.2) is 42.6 Å². The molecule has 11 heteroatoms. The van der Waals surface area contributed by atoms with Crippen LogP contribution in [0.25, 0.3) is 6.08 Å². The van der Waals surface area contributed by atoms with Crippen molar-refractivity contribution in [1.29, 1.82) is 5.26 Å². The molecule has 0 saturated carbocycles. The van der Waals surface area contributed by atoms with Crippen LogP contribution in [-0.2, 0) is 14.6 Å². The van der Waals surface area contributed by atoms with Crippen molar-refractivity contribution >= 4 is 38.5 Å². The highest BCUT2D eigenvalue weighted by molar-refractivity contribution is 7.91. The molecule has 34 heavy (non-hydrogen) atoms. The standard InChI is InChI=1S/C23H22N4O5S2/c1-3-34(29,30)23-26-22(33-27-23)25-21(28)18(15-24)14-17-6-10-20(11-7-17)32-13-12-31-19-8-4-16(2)5-9-19/h4-11,14H,3,12-13H2,1-2H3,(H,25,26,27,28). The summed E-state index contributed by atoms with van der Waals surface area (Å²) in [4.78, 5) is 16.2. The van der Waals surface area contributed by atoms with E-state index in [1.807, 2.05) is 37.3 Å². The van der Waals surface area contributed by atoms with Crippen LogP contribution >= 0.6 is 11.5 Å². The number of aryl methyl sites for hydroxylation is 1. The van der Waals surface area contributed by atoms with E-state index in [9.17, 15) is 18.5 Å². The van der Waals surface area contributed by atoms with Crippen molar-refractivity contribution in [3.05, 3.63) is 65.2 Å². The molecule has 0 saturated heterocycles. The van der Waals surface area contributed by atoms with Gasteiger partial charge in [0, 0.05) is 11.5 Å². The van der Waals surface area contributed by atoms with Crippen LogP contribution in [0.1, 0.15) is 18.1 Å². The second-order valence-corrected chi connectivity index (χ2v) is 9.91. The van der Waals surface area contributed by atoms with Gasteiger partial charge < -0.3 is 9.47 Å². The van der Waals surface area contributed by atoms with Gasteiger partial charge in [-0.05, 0) is 42.8 Å². The highest BCUT2D eigenvalue weighted by Gasteiger charge is 2.20. The number of hydrogen-bond donors (Lipinski definition) is 1. The van der Waals surface area contributed by atoms with E-state index in [0.717, 1.165) is 22.8 Å². The molecule has 176 valence electrons. The van der Waals surface area contributed by atoms with Gasteiger partial charge >= 0.3 is 0 Å². The lowest BCUT2D eigenvalue weighted by atomic mass is 10.1. The molecule has 0 aliphatic heterocycles. The zero-order valence-corrected chi connectivity index (χ0v) is 20.1. The van der Waals surface area contributed by atoms with Crippen LogP contribution in [0.2, 0.25) is 0 Å². The predicted molar refractivity (Wildman–Crippen MR) is 128 cm³/mol. The van der Waals surface area contributed by atoms with Gasteiger partial charge in [-0.25, -0.2) is 8.42 Å². The maximum absolute atomic E-state index is 12.4. The number of aromatic nitrogens is 2. The highest BCUT2D eigenvalue weighted by Crippen LogP contribution is 2.18. The van der Waals surface area contributed by atoms with Crippen molar-refractivity contribution in [2.75, 3.05) is 24.3 Å². The molecule has 0 aliphatic carbocycles. The van der Waals surface area contributed by atoms with Crippen molar-refractivity contribution in [2.45, 2.75) is 19.0 Å². The first-order valence-corrected chi connectivity index (χ1v) is 12.6. The molecule has 1 aromatic heterocycles. The average molecular weight is 499 g/mol. The minimum absolute atomic E-state index is 0.00483. The Morgan fingerprint density at radius 2 is 1.68 bits per heavy atom. The molecule has 0 radical (unpaired) electrons. The van der Waals surface area contributed by atoms with Crippen molar-refractivity contribution in [3.63, 3.8) is 0 Å². The molecule has 3 aromatic rings. The number of ether oxygens (including phenoxy) is 2. The molecule has 0 aliphatic rings. The van der Waals surface area contributed by atoms with Crippen LogP contribution < -0.4 is 14.8 Å². The molecule has 2 aromatic carbocycles. The quantitative estimate of drug-likeness (QED) is 0.255. The summed E-state index contributed by atoms with van der Waals surface area (Å²) in [5.74, 6) is 0.521. The van der Waals surface area contributed by atoms with E-state index in [2.05, 4.69) is 14.7 Å². The van der Waals surface area contributed by atoms with Crippen molar-refractivity contribution < 1.29 is 22.7 Å². The molecule has 1 amide bonds. The van der Waals surface area contributed by atoms with Gasteiger partial charge in [-0.15, -0.1) is 0 Å². The Morgan fingerprint density at radius 3 is 2.24 bits per heavy atom. The van der Waals surface area contributed by atoms with E-state index in [1.54, 1.807) is 24.3 Å². The van der Waals surface area contributed by atoms with Crippen LogP contribution in [0.4, 0.5) is 5.13 Å². The second-order valence-electron chi connectivity index (χ2n) is 6.99. The molecular weight excluding hydrogens is 476 g/mol. The number of nitrogens with zero attached hydrogens (tertiary/aromatic N) is 3. The molecule has 3 rings (SSSR count). The number of nitriles is 1. The van der Waals surface area contributed by atoms with Crippen molar-refractivity contribution in [3.8, 4) is 17.6 Å². The topological polar surface area (TPSA) is 131 Å². The number of carbonyl (C=O) groups is 1. The van der Waals surface area contributed by atoms with Gasteiger partial charge in [0.1, 0.15) is 36.4 Å². The van der Waals surface area contributed by atoms with Gasteiger partial charge in [0.15, 0.2) is 0 Å². The van der Waals surface area contributed by atoms with Crippen LogP contribution in [0, 0.1) is 18.3 Å². The summed E-state index contributed by atoms with van der Waals surface area (Å²) < 4.78 is 38.6. The normalized spacial score (nSPS) is 11.5. The lowest BCUT2D eigenvalue weighted by Gasteiger charge is -2.09. The molecule has 0 spiro atoms. The van der Waals surface area contributed by atoms with E-state index in [4.69, 9.17) is 9.47 Å². The van der Waals surface area contributed by atoms with Gasteiger partial charge in [-0.1, -0.05) is 36.8 Å². The maximum atomic E-state index is 12.4. The van der Waals surface area contributed by atoms with E-state index in [-0.39, 0.29) is 21.6 Å². The molecular formula is C23H22N4O5S2. The molecule has 0 atom stereocenters. The Morgan fingerprint density at radius 1 is 1.09 bits per heavy atom. The second kappa shape index (κ2) is 11.4. The van der Waals surface area contributed by atoms with Gasteiger partial charge in [0.05, 0.1) is 5.75 Å². The highest BCUT2D eigenvalue weighted by atomic mass is 32.2. The van der Waals surface area contributed by atoms with Gasteiger partial charge in [0.25, 0.3) is 11.1 Å². The first kappa shape index (κ1) is 24.9. The zero-order chi connectivity index (χ0) is 24.6. The lowest BCUT2D eigenvalue weighted by Crippen LogP contribution is -2.13. The van der Waals surface area contributed by atoms with E-state index in [1.165, 1.54) is 13.0 Å². The fourth-order valence-electron chi connectivity index (χ4n) is 2.61. The number of benzene rings is 2. The largest absolute Gasteiger partial charge is 0.490 e. The molecule has 0 fully saturated rings.